The highest BCUT2D eigenvalue weighted by molar-refractivity contribution is 6.11. The summed E-state index contributed by atoms with van der Waals surface area (Å²) in [5.41, 5.74) is 21.3. The predicted molar refractivity (Wildman–Crippen MR) is 293 cm³/mol. The third-order valence-electron chi connectivity index (χ3n) is 15.6. The number of anilines is 3. The Kier molecular flexibility index (Phi) is 9.98. The molecule has 332 valence electrons. The van der Waals surface area contributed by atoms with Gasteiger partial charge in [-0.25, -0.2) is 0 Å². The van der Waals surface area contributed by atoms with Crippen LogP contribution in [0.2, 0.25) is 0 Å². The molecule has 11 aromatic rings. The Labute approximate surface area is 405 Å². The van der Waals surface area contributed by atoms with E-state index in [-0.39, 0.29) is 5.41 Å². The van der Waals surface area contributed by atoms with Gasteiger partial charge in [0, 0.05) is 38.8 Å². The van der Waals surface area contributed by atoms with Crippen molar-refractivity contribution in [3.63, 3.8) is 0 Å². The molecule has 0 aliphatic heterocycles. The lowest BCUT2D eigenvalue weighted by molar-refractivity contribution is 0.445. The highest BCUT2D eigenvalue weighted by atomic mass is 15.1. The van der Waals surface area contributed by atoms with Crippen molar-refractivity contribution in [1.82, 2.24) is 4.57 Å². The topological polar surface area (TPSA) is 8.17 Å². The highest BCUT2D eigenvalue weighted by Gasteiger charge is 2.35. The Hall–Kier alpha value is -7.94. The molecule has 69 heavy (non-hydrogen) atoms. The fraction of sp³-hybridized carbons (Fsp3) is 0.134. The molecule has 2 heteroatoms. The smallest absolute Gasteiger partial charge is 0.0541 e. The van der Waals surface area contributed by atoms with E-state index in [2.05, 4.69) is 248 Å². The molecule has 2 aliphatic rings. The van der Waals surface area contributed by atoms with Gasteiger partial charge in [-0.1, -0.05) is 191 Å². The number of nitrogens with zero attached hydrogens (tertiary/aromatic N) is 2. The van der Waals surface area contributed by atoms with Gasteiger partial charge >= 0.3 is 0 Å². The van der Waals surface area contributed by atoms with Gasteiger partial charge in [0.25, 0.3) is 0 Å². The molecule has 0 saturated heterocycles. The second kappa shape index (κ2) is 16.7. The summed E-state index contributed by atoms with van der Waals surface area (Å²) >= 11 is 0. The van der Waals surface area contributed by atoms with Gasteiger partial charge < -0.3 is 9.47 Å². The number of aromatic nitrogens is 1. The Bertz CT molecular complexity index is 3730. The monoisotopic (exact) mass is 886 g/mol. The van der Waals surface area contributed by atoms with E-state index in [0.29, 0.717) is 5.92 Å². The van der Waals surface area contributed by atoms with Gasteiger partial charge in [-0.15, -0.1) is 0 Å². The average Bonchev–Trinajstić information content (AvgIpc) is 3.86. The molecule has 0 atom stereocenters. The minimum Gasteiger partial charge on any atom is -0.310 e. The first-order chi connectivity index (χ1) is 34.0. The average molecular weight is 887 g/mol. The Morgan fingerprint density at radius 3 is 1.91 bits per heavy atom. The lowest BCUT2D eigenvalue weighted by atomic mass is 9.80. The van der Waals surface area contributed by atoms with Crippen molar-refractivity contribution in [3.8, 4) is 50.2 Å². The van der Waals surface area contributed by atoms with Crippen LogP contribution >= 0.6 is 0 Å². The molecule has 1 heterocycles. The summed E-state index contributed by atoms with van der Waals surface area (Å²) in [5.74, 6) is 0.578. The Morgan fingerprint density at radius 2 is 1.06 bits per heavy atom. The zero-order valence-corrected chi connectivity index (χ0v) is 39.4. The molecule has 2 aliphatic carbocycles. The zero-order chi connectivity index (χ0) is 46.1. The van der Waals surface area contributed by atoms with Crippen LogP contribution in [-0.4, -0.2) is 4.57 Å². The van der Waals surface area contributed by atoms with Crippen LogP contribution in [0.5, 0.6) is 0 Å². The fourth-order valence-electron chi connectivity index (χ4n) is 12.2. The highest BCUT2D eigenvalue weighted by Crippen LogP contribution is 2.51. The van der Waals surface area contributed by atoms with E-state index in [1.54, 1.807) is 0 Å². The predicted octanol–water partition coefficient (Wildman–Crippen LogP) is 18.8. The number of rotatable bonds is 8. The molecule has 13 rings (SSSR count). The summed E-state index contributed by atoms with van der Waals surface area (Å²) in [5, 5.41) is 5.21. The van der Waals surface area contributed by atoms with Crippen molar-refractivity contribution in [3.05, 3.63) is 241 Å². The van der Waals surface area contributed by atoms with Crippen LogP contribution in [0.25, 0.3) is 82.8 Å². The molecular formula is C67H54N2. The van der Waals surface area contributed by atoms with Crippen LogP contribution in [0.15, 0.2) is 224 Å². The SMILES string of the molecule is CC1(C)c2ccccc2-c2ccc(-c3ccc(N(c4cccc(-c5ccc6c(c5)c5ccccc5n6-c5ccccc5)c4)c4ccccc4-c4cccc5cccc(C6CCCCC6)c45)cc3)cc21. The quantitative estimate of drug-likeness (QED) is 0.148. The second-order valence-corrected chi connectivity index (χ2v) is 19.9. The van der Waals surface area contributed by atoms with Crippen molar-refractivity contribution >= 4 is 49.6 Å². The standard InChI is InChI=1S/C67H54N2/c1-67(2)61-31-12-9-26-55(61)56-40-36-50(44-62(56)67)45-34-38-52(39-35-45)68(63-32-13-10-27-57(63)59-30-17-21-47-20-16-29-54(66(47)59)46-18-5-3-6-19-46)53-25-15-22-48(42-53)49-37-41-65-60(43-49)58-28-11-14-33-64(58)69(65)51-23-7-4-8-24-51/h4,7-17,20-44,46H,3,5-6,18-19H2,1-2H3. The summed E-state index contributed by atoms with van der Waals surface area (Å²) in [4.78, 5) is 2.49. The Morgan fingerprint density at radius 1 is 0.420 bits per heavy atom. The summed E-state index contributed by atoms with van der Waals surface area (Å²) in [6, 6.07) is 84.0. The number of hydrogen-bond acceptors (Lipinski definition) is 1. The van der Waals surface area contributed by atoms with E-state index in [0.717, 1.165) is 17.1 Å². The molecule has 0 spiro atoms. The summed E-state index contributed by atoms with van der Waals surface area (Å²) in [6.07, 6.45) is 6.46. The maximum Gasteiger partial charge on any atom is 0.0541 e. The van der Waals surface area contributed by atoms with Crippen LogP contribution < -0.4 is 4.90 Å². The maximum atomic E-state index is 2.49. The molecule has 0 N–H and O–H groups in total. The summed E-state index contributed by atoms with van der Waals surface area (Å²) in [7, 11) is 0. The van der Waals surface area contributed by atoms with Crippen molar-refractivity contribution < 1.29 is 0 Å². The van der Waals surface area contributed by atoms with E-state index in [1.165, 1.54) is 132 Å². The molecular weight excluding hydrogens is 833 g/mol. The third kappa shape index (κ3) is 6.92. The van der Waals surface area contributed by atoms with Gasteiger partial charge in [0.15, 0.2) is 0 Å². The van der Waals surface area contributed by atoms with Crippen LogP contribution in [0.4, 0.5) is 17.1 Å². The normalized spacial score (nSPS) is 14.3. The minimum absolute atomic E-state index is 0.0602. The van der Waals surface area contributed by atoms with Crippen molar-refractivity contribution in [2.45, 2.75) is 57.3 Å². The molecule has 0 bridgehead atoms. The van der Waals surface area contributed by atoms with Gasteiger partial charge in [-0.2, -0.15) is 0 Å². The number of fused-ring (bicyclic) bond motifs is 7. The van der Waals surface area contributed by atoms with Gasteiger partial charge in [0.05, 0.1) is 16.7 Å². The Balaban J connectivity index is 0.963. The molecule has 1 aromatic heterocycles. The first-order valence-corrected chi connectivity index (χ1v) is 24.9. The van der Waals surface area contributed by atoms with E-state index in [9.17, 15) is 0 Å². The van der Waals surface area contributed by atoms with Crippen molar-refractivity contribution in [2.24, 2.45) is 0 Å². The molecule has 0 radical (unpaired) electrons. The zero-order valence-electron chi connectivity index (χ0n) is 39.4. The van der Waals surface area contributed by atoms with Gasteiger partial charge in [-0.05, 0) is 152 Å². The van der Waals surface area contributed by atoms with Crippen molar-refractivity contribution in [1.29, 1.82) is 0 Å². The molecule has 1 saturated carbocycles. The second-order valence-electron chi connectivity index (χ2n) is 19.9. The van der Waals surface area contributed by atoms with Gasteiger partial charge in [0.1, 0.15) is 0 Å². The van der Waals surface area contributed by atoms with E-state index in [1.807, 2.05) is 0 Å². The molecule has 0 unspecified atom stereocenters. The molecule has 0 amide bonds. The van der Waals surface area contributed by atoms with E-state index in [4.69, 9.17) is 0 Å². The lowest BCUT2D eigenvalue weighted by Gasteiger charge is -2.29. The van der Waals surface area contributed by atoms with Crippen LogP contribution in [-0.2, 0) is 5.41 Å². The maximum absolute atomic E-state index is 2.49. The molecule has 2 nitrogen and oxygen atoms in total. The largest absolute Gasteiger partial charge is 0.310 e. The third-order valence-corrected chi connectivity index (χ3v) is 15.6. The summed E-state index contributed by atoms with van der Waals surface area (Å²) in [6.45, 7) is 4.73. The fourth-order valence-corrected chi connectivity index (χ4v) is 12.2. The first kappa shape index (κ1) is 41.3. The van der Waals surface area contributed by atoms with E-state index >= 15 is 0 Å². The van der Waals surface area contributed by atoms with Gasteiger partial charge in [-0.3, -0.25) is 0 Å². The molecule has 1 fully saturated rings. The summed E-state index contributed by atoms with van der Waals surface area (Å²) < 4.78 is 2.39. The number of hydrogen-bond donors (Lipinski definition) is 0. The van der Waals surface area contributed by atoms with Gasteiger partial charge in [0.2, 0.25) is 0 Å². The van der Waals surface area contributed by atoms with Crippen LogP contribution in [0, 0.1) is 0 Å². The number of benzene rings is 10. The lowest BCUT2D eigenvalue weighted by Crippen LogP contribution is -2.14. The van der Waals surface area contributed by atoms with E-state index < -0.39 is 0 Å². The van der Waals surface area contributed by atoms with Crippen LogP contribution in [0.1, 0.15) is 68.6 Å². The molecule has 10 aromatic carbocycles. The van der Waals surface area contributed by atoms with Crippen molar-refractivity contribution in [2.75, 3.05) is 4.90 Å². The first-order valence-electron chi connectivity index (χ1n) is 24.9. The van der Waals surface area contributed by atoms with Crippen LogP contribution in [0.3, 0.4) is 0 Å². The minimum atomic E-state index is -0.0602. The number of para-hydroxylation sites is 3.